The molecule has 1 saturated carbocycles. The van der Waals surface area contributed by atoms with Gasteiger partial charge in [0.15, 0.2) is 0 Å². The maximum Gasteiger partial charge on any atom is 0.123 e. The molecule has 3 unspecified atom stereocenters. The van der Waals surface area contributed by atoms with Gasteiger partial charge in [-0.1, -0.05) is 32.4 Å². The zero-order chi connectivity index (χ0) is 13.7. The van der Waals surface area contributed by atoms with E-state index in [1.165, 1.54) is 31.2 Å². The summed E-state index contributed by atoms with van der Waals surface area (Å²) in [5.74, 6) is 1.95. The van der Waals surface area contributed by atoms with Crippen molar-refractivity contribution in [3.8, 4) is 0 Å². The molecule has 106 valence electrons. The van der Waals surface area contributed by atoms with Gasteiger partial charge in [0.2, 0.25) is 0 Å². The molecule has 0 spiro atoms. The van der Waals surface area contributed by atoms with Gasteiger partial charge in [0.25, 0.3) is 0 Å². The molecule has 2 heteroatoms. The highest BCUT2D eigenvalue weighted by molar-refractivity contribution is 5.22. The minimum absolute atomic E-state index is 0.131. The van der Waals surface area contributed by atoms with E-state index in [-0.39, 0.29) is 5.82 Å². The summed E-state index contributed by atoms with van der Waals surface area (Å²) in [4.78, 5) is 0. The van der Waals surface area contributed by atoms with Gasteiger partial charge in [-0.25, -0.2) is 4.39 Å². The molecule has 0 saturated heterocycles. The molecule has 19 heavy (non-hydrogen) atoms. The second-order valence-electron chi connectivity index (χ2n) is 6.04. The molecule has 0 bridgehead atoms. The lowest BCUT2D eigenvalue weighted by molar-refractivity contribution is 0.242. The highest BCUT2D eigenvalue weighted by Crippen LogP contribution is 2.40. The van der Waals surface area contributed by atoms with Crippen LogP contribution in [-0.2, 0) is 0 Å². The lowest BCUT2D eigenvalue weighted by atomic mass is 9.71. The lowest BCUT2D eigenvalue weighted by Gasteiger charge is -2.35. The van der Waals surface area contributed by atoms with Crippen LogP contribution in [0.15, 0.2) is 24.3 Å². The molecule has 1 fully saturated rings. The van der Waals surface area contributed by atoms with Crippen LogP contribution in [0, 0.1) is 17.7 Å². The van der Waals surface area contributed by atoms with Gasteiger partial charge >= 0.3 is 0 Å². The van der Waals surface area contributed by atoms with Gasteiger partial charge in [-0.05, 0) is 67.8 Å². The molecule has 0 amide bonds. The third kappa shape index (κ3) is 4.04. The Morgan fingerprint density at radius 3 is 2.63 bits per heavy atom. The molecule has 2 rings (SSSR count). The first-order chi connectivity index (χ1) is 9.20. The normalized spacial score (nSPS) is 27.4. The predicted octanol–water partition coefficient (Wildman–Crippen LogP) is 4.35. The Bertz CT molecular complexity index is 373. The van der Waals surface area contributed by atoms with Crippen molar-refractivity contribution in [2.24, 2.45) is 11.8 Å². The molecule has 0 aromatic heterocycles. The molecular weight excluding hydrogens is 237 g/mol. The molecular formula is C17H26FN. The Labute approximate surface area is 116 Å². The van der Waals surface area contributed by atoms with Crippen molar-refractivity contribution < 1.29 is 4.39 Å². The van der Waals surface area contributed by atoms with Crippen molar-refractivity contribution in [3.63, 3.8) is 0 Å². The van der Waals surface area contributed by atoms with E-state index in [9.17, 15) is 4.39 Å². The van der Waals surface area contributed by atoms with Crippen molar-refractivity contribution in [1.29, 1.82) is 0 Å². The average Bonchev–Trinajstić information content (AvgIpc) is 2.41. The van der Waals surface area contributed by atoms with E-state index >= 15 is 0 Å². The summed E-state index contributed by atoms with van der Waals surface area (Å²) in [7, 11) is 0. The first kappa shape index (κ1) is 14.5. The lowest BCUT2D eigenvalue weighted by Crippen LogP contribution is -2.31. The molecule has 1 aliphatic rings. The highest BCUT2D eigenvalue weighted by atomic mass is 19.1. The summed E-state index contributed by atoms with van der Waals surface area (Å²) in [6.07, 6.45) is 5.05. The predicted molar refractivity (Wildman–Crippen MR) is 78.8 cm³/mol. The monoisotopic (exact) mass is 263 g/mol. The topological polar surface area (TPSA) is 12.0 Å². The van der Waals surface area contributed by atoms with Crippen molar-refractivity contribution in [3.05, 3.63) is 35.6 Å². The maximum atomic E-state index is 13.1. The molecule has 1 N–H and O–H groups in total. The third-order valence-electron chi connectivity index (χ3n) is 4.39. The Morgan fingerprint density at radius 1 is 1.21 bits per heavy atom. The number of halogens is 1. The van der Waals surface area contributed by atoms with Crippen LogP contribution >= 0.6 is 0 Å². The molecule has 1 aromatic rings. The summed E-state index contributed by atoms with van der Waals surface area (Å²) < 4.78 is 13.1. The third-order valence-corrected chi connectivity index (χ3v) is 4.39. The van der Waals surface area contributed by atoms with Crippen molar-refractivity contribution in [2.75, 3.05) is 13.1 Å². The van der Waals surface area contributed by atoms with E-state index in [2.05, 4.69) is 19.2 Å². The van der Waals surface area contributed by atoms with E-state index < -0.39 is 0 Å². The smallest absolute Gasteiger partial charge is 0.123 e. The molecule has 1 nitrogen and oxygen atoms in total. The molecule has 0 heterocycles. The second kappa shape index (κ2) is 7.04. The minimum atomic E-state index is -0.131. The summed E-state index contributed by atoms with van der Waals surface area (Å²) in [5, 5.41) is 3.56. The summed E-state index contributed by atoms with van der Waals surface area (Å²) in [6.45, 7) is 6.74. The fraction of sp³-hybridized carbons (Fsp3) is 0.647. The second-order valence-corrected chi connectivity index (χ2v) is 6.04. The highest BCUT2D eigenvalue weighted by Gasteiger charge is 2.29. The zero-order valence-corrected chi connectivity index (χ0v) is 12.2. The van der Waals surface area contributed by atoms with Crippen molar-refractivity contribution in [1.82, 2.24) is 5.32 Å². The number of benzene rings is 1. The number of hydrogen-bond donors (Lipinski definition) is 1. The van der Waals surface area contributed by atoms with E-state index in [1.54, 1.807) is 12.1 Å². The number of rotatable bonds is 5. The summed E-state index contributed by atoms with van der Waals surface area (Å²) in [5.41, 5.74) is 1.32. The molecule has 1 aromatic carbocycles. The van der Waals surface area contributed by atoms with Crippen LogP contribution in [0.25, 0.3) is 0 Å². The van der Waals surface area contributed by atoms with E-state index in [0.717, 1.165) is 19.0 Å². The minimum Gasteiger partial charge on any atom is -0.316 e. The number of nitrogens with one attached hydrogen (secondary N) is 1. The Morgan fingerprint density at radius 2 is 1.95 bits per heavy atom. The molecule has 3 atom stereocenters. The van der Waals surface area contributed by atoms with Gasteiger partial charge in [0.05, 0.1) is 0 Å². The van der Waals surface area contributed by atoms with Crippen LogP contribution in [0.4, 0.5) is 4.39 Å². The number of hydrogen-bond acceptors (Lipinski definition) is 1. The van der Waals surface area contributed by atoms with E-state index in [1.807, 2.05) is 12.1 Å². The van der Waals surface area contributed by atoms with Gasteiger partial charge < -0.3 is 5.32 Å². The van der Waals surface area contributed by atoms with E-state index in [4.69, 9.17) is 0 Å². The SMILES string of the molecule is CCCNCC1CCC(C)CC1c1ccc(F)cc1. The van der Waals surface area contributed by atoms with Crippen LogP contribution in [0.3, 0.4) is 0 Å². The fourth-order valence-corrected chi connectivity index (χ4v) is 3.27. The van der Waals surface area contributed by atoms with Crippen molar-refractivity contribution in [2.45, 2.75) is 45.4 Å². The Kier molecular flexibility index (Phi) is 5.38. The average molecular weight is 263 g/mol. The Balaban J connectivity index is 2.05. The standard InChI is InChI=1S/C17H26FN/c1-3-10-19-12-15-5-4-13(2)11-17(15)14-6-8-16(18)9-7-14/h6-9,13,15,17,19H,3-5,10-12H2,1-2H3. The van der Waals surface area contributed by atoms with Crippen LogP contribution in [0.5, 0.6) is 0 Å². The zero-order valence-electron chi connectivity index (χ0n) is 12.2. The van der Waals surface area contributed by atoms with Gasteiger partial charge in [0.1, 0.15) is 5.82 Å². The van der Waals surface area contributed by atoms with Crippen LogP contribution < -0.4 is 5.32 Å². The van der Waals surface area contributed by atoms with Gasteiger partial charge in [-0.3, -0.25) is 0 Å². The summed E-state index contributed by atoms with van der Waals surface area (Å²) >= 11 is 0. The maximum absolute atomic E-state index is 13.1. The van der Waals surface area contributed by atoms with Crippen LogP contribution in [0.1, 0.15) is 51.0 Å². The first-order valence-corrected chi connectivity index (χ1v) is 7.67. The quantitative estimate of drug-likeness (QED) is 0.779. The molecule has 0 radical (unpaired) electrons. The molecule has 1 aliphatic carbocycles. The van der Waals surface area contributed by atoms with E-state index in [0.29, 0.717) is 11.8 Å². The van der Waals surface area contributed by atoms with Gasteiger partial charge in [0, 0.05) is 0 Å². The van der Waals surface area contributed by atoms with Gasteiger partial charge in [-0.2, -0.15) is 0 Å². The first-order valence-electron chi connectivity index (χ1n) is 7.67. The van der Waals surface area contributed by atoms with Crippen molar-refractivity contribution >= 4 is 0 Å². The molecule has 0 aliphatic heterocycles. The van der Waals surface area contributed by atoms with Crippen LogP contribution in [-0.4, -0.2) is 13.1 Å². The summed E-state index contributed by atoms with van der Waals surface area (Å²) in [6, 6.07) is 7.16. The largest absolute Gasteiger partial charge is 0.316 e. The van der Waals surface area contributed by atoms with Gasteiger partial charge in [-0.15, -0.1) is 0 Å². The Hall–Kier alpha value is -0.890. The van der Waals surface area contributed by atoms with Crippen LogP contribution in [0.2, 0.25) is 0 Å². The fourth-order valence-electron chi connectivity index (χ4n) is 3.27.